The average Bonchev–Trinajstić information content (AvgIpc) is 2.65. The largest absolute Gasteiger partial charge is 0.330 e. The molecule has 0 spiro atoms. The monoisotopic (exact) mass is 229 g/mol. The summed E-state index contributed by atoms with van der Waals surface area (Å²) in [6.07, 6.45) is 0. The normalized spacial score (nSPS) is 12.7. The minimum absolute atomic E-state index is 0.354. The fourth-order valence-corrected chi connectivity index (χ4v) is 2.31. The molecule has 0 saturated heterocycles. The summed E-state index contributed by atoms with van der Waals surface area (Å²) in [5.74, 6) is 0.354. The molecule has 1 aromatic heterocycles. The lowest BCUT2D eigenvalue weighted by atomic mass is 9.99. The molecule has 17 heavy (non-hydrogen) atoms. The van der Waals surface area contributed by atoms with Crippen LogP contribution in [0.15, 0.2) is 30.3 Å². The van der Waals surface area contributed by atoms with E-state index in [0.717, 1.165) is 11.4 Å². The molecule has 1 heterocycles. The van der Waals surface area contributed by atoms with Crippen LogP contribution in [0, 0.1) is 13.8 Å². The van der Waals surface area contributed by atoms with Crippen LogP contribution >= 0.6 is 0 Å². The Morgan fingerprint density at radius 3 is 2.47 bits per heavy atom. The second-order valence-corrected chi connectivity index (χ2v) is 4.47. The van der Waals surface area contributed by atoms with Gasteiger partial charge < -0.3 is 5.73 Å². The molecule has 90 valence electrons. The minimum Gasteiger partial charge on any atom is -0.330 e. The molecule has 0 fully saturated rings. The Labute approximate surface area is 102 Å². The molecule has 2 aromatic rings. The summed E-state index contributed by atoms with van der Waals surface area (Å²) in [6.45, 7) is 6.96. The van der Waals surface area contributed by atoms with Gasteiger partial charge in [-0.25, -0.2) is 4.68 Å². The van der Waals surface area contributed by atoms with Gasteiger partial charge >= 0.3 is 0 Å². The molecule has 0 radical (unpaired) electrons. The van der Waals surface area contributed by atoms with Crippen LogP contribution in [0.2, 0.25) is 0 Å². The summed E-state index contributed by atoms with van der Waals surface area (Å²) in [4.78, 5) is 0. The van der Waals surface area contributed by atoms with Gasteiger partial charge in [0.2, 0.25) is 0 Å². The highest BCUT2D eigenvalue weighted by Crippen LogP contribution is 2.24. The Kier molecular flexibility index (Phi) is 3.29. The van der Waals surface area contributed by atoms with Crippen molar-refractivity contribution in [3.63, 3.8) is 0 Å². The quantitative estimate of drug-likeness (QED) is 0.879. The van der Waals surface area contributed by atoms with E-state index in [9.17, 15) is 0 Å². The van der Waals surface area contributed by atoms with E-state index in [1.807, 2.05) is 29.8 Å². The van der Waals surface area contributed by atoms with E-state index in [4.69, 9.17) is 5.73 Å². The first-order valence-corrected chi connectivity index (χ1v) is 5.96. The smallest absolute Gasteiger partial charge is 0.0648 e. The van der Waals surface area contributed by atoms with E-state index < -0.39 is 0 Å². The molecule has 0 aliphatic rings. The maximum absolute atomic E-state index is 5.75. The van der Waals surface area contributed by atoms with Gasteiger partial charge in [0, 0.05) is 11.3 Å². The van der Waals surface area contributed by atoms with Crippen molar-refractivity contribution < 1.29 is 0 Å². The fraction of sp³-hybridized carbons (Fsp3) is 0.357. The van der Waals surface area contributed by atoms with Gasteiger partial charge in [0.1, 0.15) is 0 Å². The maximum atomic E-state index is 5.75. The highest BCUT2D eigenvalue weighted by Gasteiger charge is 2.16. The lowest BCUT2D eigenvalue weighted by molar-refractivity contribution is 0.759. The van der Waals surface area contributed by atoms with Crippen molar-refractivity contribution in [2.45, 2.75) is 26.7 Å². The number of para-hydroxylation sites is 1. The number of hydrogen-bond donors (Lipinski definition) is 1. The van der Waals surface area contributed by atoms with Crippen LogP contribution < -0.4 is 5.73 Å². The van der Waals surface area contributed by atoms with Gasteiger partial charge in [-0.1, -0.05) is 25.1 Å². The number of aryl methyl sites for hydroxylation is 1. The zero-order chi connectivity index (χ0) is 12.4. The number of aromatic nitrogens is 2. The van der Waals surface area contributed by atoms with Crippen LogP contribution in [0.3, 0.4) is 0 Å². The molecule has 1 aromatic carbocycles. The lowest BCUT2D eigenvalue weighted by Gasteiger charge is -2.09. The van der Waals surface area contributed by atoms with Crippen molar-refractivity contribution in [2.75, 3.05) is 6.54 Å². The van der Waals surface area contributed by atoms with Gasteiger partial charge in [-0.15, -0.1) is 0 Å². The first-order valence-electron chi connectivity index (χ1n) is 5.96. The summed E-state index contributed by atoms with van der Waals surface area (Å²) in [5.41, 5.74) is 10.4. The van der Waals surface area contributed by atoms with Gasteiger partial charge in [-0.05, 0) is 38.4 Å². The van der Waals surface area contributed by atoms with Crippen LogP contribution in [0.25, 0.3) is 5.69 Å². The Balaban J connectivity index is 2.52. The summed E-state index contributed by atoms with van der Waals surface area (Å²) >= 11 is 0. The van der Waals surface area contributed by atoms with Gasteiger partial charge in [0.25, 0.3) is 0 Å². The number of nitrogens with two attached hydrogens (primary N) is 1. The fourth-order valence-electron chi connectivity index (χ4n) is 2.31. The Bertz CT molecular complexity index is 500. The first-order chi connectivity index (χ1) is 8.15. The third kappa shape index (κ3) is 2.11. The molecule has 1 atom stereocenters. The van der Waals surface area contributed by atoms with E-state index in [-0.39, 0.29) is 0 Å². The van der Waals surface area contributed by atoms with E-state index in [0.29, 0.717) is 12.5 Å². The van der Waals surface area contributed by atoms with Crippen molar-refractivity contribution >= 4 is 0 Å². The zero-order valence-corrected chi connectivity index (χ0v) is 10.6. The van der Waals surface area contributed by atoms with Crippen LogP contribution in [0.4, 0.5) is 0 Å². The highest BCUT2D eigenvalue weighted by molar-refractivity contribution is 5.38. The third-order valence-electron chi connectivity index (χ3n) is 3.19. The van der Waals surface area contributed by atoms with Crippen LogP contribution in [-0.2, 0) is 0 Å². The minimum atomic E-state index is 0.354. The Morgan fingerprint density at radius 2 is 1.88 bits per heavy atom. The molecule has 0 bridgehead atoms. The second-order valence-electron chi connectivity index (χ2n) is 4.47. The molecular weight excluding hydrogens is 210 g/mol. The van der Waals surface area contributed by atoms with E-state index in [1.165, 1.54) is 11.3 Å². The molecular formula is C14H19N3. The summed E-state index contributed by atoms with van der Waals surface area (Å²) in [7, 11) is 0. The number of rotatable bonds is 3. The summed E-state index contributed by atoms with van der Waals surface area (Å²) in [5, 5.41) is 4.61. The van der Waals surface area contributed by atoms with Crippen LogP contribution in [0.5, 0.6) is 0 Å². The molecule has 3 heteroatoms. The first kappa shape index (κ1) is 11.9. The topological polar surface area (TPSA) is 43.8 Å². The predicted molar refractivity (Wildman–Crippen MR) is 70.5 cm³/mol. The number of benzene rings is 1. The van der Waals surface area contributed by atoms with Crippen molar-refractivity contribution in [1.82, 2.24) is 9.78 Å². The third-order valence-corrected chi connectivity index (χ3v) is 3.19. The van der Waals surface area contributed by atoms with Crippen LogP contribution in [0.1, 0.15) is 29.8 Å². The van der Waals surface area contributed by atoms with Gasteiger partial charge in [-0.2, -0.15) is 5.10 Å². The molecule has 0 aliphatic heterocycles. The predicted octanol–water partition coefficient (Wildman–Crippen LogP) is 2.55. The second kappa shape index (κ2) is 4.72. The standard InChI is InChI=1S/C14H19N3/c1-10(9-15)14-11(2)16-17(12(14)3)13-7-5-4-6-8-13/h4-8,10H,9,15H2,1-3H3. The molecule has 2 N–H and O–H groups in total. The number of hydrogen-bond acceptors (Lipinski definition) is 2. The molecule has 0 amide bonds. The van der Waals surface area contributed by atoms with Crippen molar-refractivity contribution in [2.24, 2.45) is 5.73 Å². The van der Waals surface area contributed by atoms with E-state index in [1.54, 1.807) is 0 Å². The van der Waals surface area contributed by atoms with Crippen molar-refractivity contribution in [1.29, 1.82) is 0 Å². The highest BCUT2D eigenvalue weighted by atomic mass is 15.3. The molecule has 3 nitrogen and oxygen atoms in total. The number of nitrogens with zero attached hydrogens (tertiary/aromatic N) is 2. The molecule has 1 unspecified atom stereocenters. The maximum Gasteiger partial charge on any atom is 0.0648 e. The summed E-state index contributed by atoms with van der Waals surface area (Å²) in [6, 6.07) is 10.2. The Hall–Kier alpha value is -1.61. The van der Waals surface area contributed by atoms with Crippen LogP contribution in [-0.4, -0.2) is 16.3 Å². The van der Waals surface area contributed by atoms with E-state index in [2.05, 4.69) is 31.1 Å². The lowest BCUT2D eigenvalue weighted by Crippen LogP contribution is -2.10. The molecule has 0 aliphatic carbocycles. The molecule has 2 rings (SSSR count). The Morgan fingerprint density at radius 1 is 1.24 bits per heavy atom. The van der Waals surface area contributed by atoms with E-state index >= 15 is 0 Å². The average molecular weight is 229 g/mol. The summed E-state index contributed by atoms with van der Waals surface area (Å²) < 4.78 is 2.00. The molecule has 0 saturated carbocycles. The SMILES string of the molecule is Cc1nn(-c2ccccc2)c(C)c1C(C)CN. The van der Waals surface area contributed by atoms with Gasteiger partial charge in [0.05, 0.1) is 11.4 Å². The van der Waals surface area contributed by atoms with Crippen molar-refractivity contribution in [3.8, 4) is 5.69 Å². The van der Waals surface area contributed by atoms with Crippen molar-refractivity contribution in [3.05, 3.63) is 47.3 Å². The van der Waals surface area contributed by atoms with Gasteiger partial charge in [0.15, 0.2) is 0 Å². The zero-order valence-electron chi connectivity index (χ0n) is 10.6. The van der Waals surface area contributed by atoms with Gasteiger partial charge in [-0.3, -0.25) is 0 Å².